The summed E-state index contributed by atoms with van der Waals surface area (Å²) < 4.78 is 5.65. The number of nitrogens with one attached hydrogen (secondary N) is 1. The summed E-state index contributed by atoms with van der Waals surface area (Å²) in [5.74, 6) is 0.825. The standard InChI is InChI=1S/C18H22N2O2/c1-15(18(21)19-16-9-5-3-6-10-16)20(2)13-14-22-17-11-7-4-8-12-17/h3-12,15H,13-14H2,1-2H3,(H,19,21)/t15-/m1/s1. The van der Waals surface area contributed by atoms with Gasteiger partial charge in [-0.2, -0.15) is 0 Å². The van der Waals surface area contributed by atoms with Crippen molar-refractivity contribution in [3.05, 3.63) is 60.7 Å². The molecule has 1 amide bonds. The maximum Gasteiger partial charge on any atom is 0.241 e. The fraction of sp³-hybridized carbons (Fsp3) is 0.278. The SMILES string of the molecule is C[C@H](C(=O)Nc1ccccc1)N(C)CCOc1ccccc1. The van der Waals surface area contributed by atoms with Crippen molar-refractivity contribution in [3.8, 4) is 5.75 Å². The second-order valence-corrected chi connectivity index (χ2v) is 5.17. The number of benzene rings is 2. The maximum atomic E-state index is 12.2. The third-order valence-corrected chi connectivity index (χ3v) is 3.54. The predicted molar refractivity (Wildman–Crippen MR) is 89.1 cm³/mol. The predicted octanol–water partition coefficient (Wildman–Crippen LogP) is 3.02. The number of carbonyl (C=O) groups excluding carboxylic acids is 1. The Morgan fingerprint density at radius 1 is 1.09 bits per heavy atom. The number of amides is 1. The van der Waals surface area contributed by atoms with Gasteiger partial charge in [-0.3, -0.25) is 9.69 Å². The Balaban J connectivity index is 1.76. The van der Waals surface area contributed by atoms with Crippen molar-refractivity contribution in [2.24, 2.45) is 0 Å². The summed E-state index contributed by atoms with van der Waals surface area (Å²) >= 11 is 0. The van der Waals surface area contributed by atoms with Crippen LogP contribution in [0.15, 0.2) is 60.7 Å². The molecule has 0 bridgehead atoms. The Morgan fingerprint density at radius 3 is 2.32 bits per heavy atom. The average molecular weight is 298 g/mol. The topological polar surface area (TPSA) is 41.6 Å². The normalized spacial score (nSPS) is 12.0. The fourth-order valence-electron chi connectivity index (χ4n) is 1.99. The number of anilines is 1. The molecule has 0 heterocycles. The van der Waals surface area contributed by atoms with E-state index in [1.165, 1.54) is 0 Å². The quantitative estimate of drug-likeness (QED) is 0.854. The molecule has 1 atom stereocenters. The van der Waals surface area contributed by atoms with Crippen LogP contribution >= 0.6 is 0 Å². The van der Waals surface area contributed by atoms with Crippen LogP contribution in [0.4, 0.5) is 5.69 Å². The van der Waals surface area contributed by atoms with Crippen LogP contribution in [0, 0.1) is 0 Å². The first-order valence-corrected chi connectivity index (χ1v) is 7.41. The van der Waals surface area contributed by atoms with Crippen molar-refractivity contribution in [2.45, 2.75) is 13.0 Å². The van der Waals surface area contributed by atoms with Gasteiger partial charge < -0.3 is 10.1 Å². The van der Waals surface area contributed by atoms with Crippen LogP contribution in [0.1, 0.15) is 6.92 Å². The fourth-order valence-corrected chi connectivity index (χ4v) is 1.99. The summed E-state index contributed by atoms with van der Waals surface area (Å²) in [6.07, 6.45) is 0. The molecule has 0 fully saturated rings. The largest absolute Gasteiger partial charge is 0.492 e. The summed E-state index contributed by atoms with van der Waals surface area (Å²) in [6, 6.07) is 18.9. The van der Waals surface area contributed by atoms with Gasteiger partial charge >= 0.3 is 0 Å². The highest BCUT2D eigenvalue weighted by Crippen LogP contribution is 2.09. The van der Waals surface area contributed by atoms with Crippen molar-refractivity contribution >= 4 is 11.6 Å². The maximum absolute atomic E-state index is 12.2. The Bertz CT molecular complexity index is 572. The van der Waals surface area contributed by atoms with Gasteiger partial charge in [-0.05, 0) is 38.2 Å². The summed E-state index contributed by atoms with van der Waals surface area (Å²) in [5, 5.41) is 2.91. The highest BCUT2D eigenvalue weighted by atomic mass is 16.5. The molecule has 0 spiro atoms. The molecule has 0 aliphatic carbocycles. The van der Waals surface area contributed by atoms with Crippen molar-refractivity contribution in [1.29, 1.82) is 0 Å². The number of rotatable bonds is 7. The molecule has 0 radical (unpaired) electrons. The molecule has 0 aromatic heterocycles. The van der Waals surface area contributed by atoms with E-state index in [-0.39, 0.29) is 11.9 Å². The second kappa shape index (κ2) is 8.20. The molecule has 4 heteroatoms. The Labute approximate surface area is 131 Å². The molecular formula is C18H22N2O2. The highest BCUT2D eigenvalue weighted by Gasteiger charge is 2.17. The summed E-state index contributed by atoms with van der Waals surface area (Å²) in [6.45, 7) is 3.11. The van der Waals surface area contributed by atoms with Gasteiger partial charge in [0.05, 0.1) is 6.04 Å². The van der Waals surface area contributed by atoms with Crippen LogP contribution in [0.2, 0.25) is 0 Å². The lowest BCUT2D eigenvalue weighted by Crippen LogP contribution is -2.41. The number of carbonyl (C=O) groups is 1. The molecule has 0 saturated heterocycles. The van der Waals surface area contributed by atoms with E-state index in [2.05, 4.69) is 5.32 Å². The third-order valence-electron chi connectivity index (χ3n) is 3.54. The van der Waals surface area contributed by atoms with E-state index < -0.39 is 0 Å². The van der Waals surface area contributed by atoms with Gasteiger partial charge in [-0.15, -0.1) is 0 Å². The van der Waals surface area contributed by atoms with Gasteiger partial charge in [0.15, 0.2) is 0 Å². The zero-order valence-electron chi connectivity index (χ0n) is 13.0. The van der Waals surface area contributed by atoms with Crippen molar-refractivity contribution in [3.63, 3.8) is 0 Å². The molecule has 2 rings (SSSR count). The van der Waals surface area contributed by atoms with Gasteiger partial charge in [0.25, 0.3) is 0 Å². The first-order valence-electron chi connectivity index (χ1n) is 7.41. The third kappa shape index (κ3) is 4.90. The van der Waals surface area contributed by atoms with Gasteiger partial charge in [0.2, 0.25) is 5.91 Å². The van der Waals surface area contributed by atoms with Gasteiger partial charge in [-0.1, -0.05) is 36.4 Å². The second-order valence-electron chi connectivity index (χ2n) is 5.17. The smallest absolute Gasteiger partial charge is 0.241 e. The Morgan fingerprint density at radius 2 is 1.68 bits per heavy atom. The summed E-state index contributed by atoms with van der Waals surface area (Å²) in [7, 11) is 1.92. The number of hydrogen-bond donors (Lipinski definition) is 1. The van der Waals surface area contributed by atoms with Gasteiger partial charge in [0.1, 0.15) is 12.4 Å². The van der Waals surface area contributed by atoms with E-state index in [0.29, 0.717) is 13.2 Å². The first-order chi connectivity index (χ1) is 10.7. The van der Waals surface area contributed by atoms with E-state index in [4.69, 9.17) is 4.74 Å². The van der Waals surface area contributed by atoms with Crippen LogP contribution in [0.5, 0.6) is 5.75 Å². The molecule has 2 aromatic rings. The molecule has 0 aliphatic heterocycles. The van der Waals surface area contributed by atoms with E-state index in [0.717, 1.165) is 11.4 Å². The van der Waals surface area contributed by atoms with Gasteiger partial charge in [-0.25, -0.2) is 0 Å². The van der Waals surface area contributed by atoms with Crippen molar-refractivity contribution in [1.82, 2.24) is 4.90 Å². The number of para-hydroxylation sites is 2. The van der Waals surface area contributed by atoms with Crippen LogP contribution in [-0.2, 0) is 4.79 Å². The van der Waals surface area contributed by atoms with Crippen molar-refractivity contribution < 1.29 is 9.53 Å². The minimum atomic E-state index is -0.223. The van der Waals surface area contributed by atoms with E-state index >= 15 is 0 Å². The Kier molecular flexibility index (Phi) is 5.98. The van der Waals surface area contributed by atoms with E-state index in [1.54, 1.807) is 0 Å². The van der Waals surface area contributed by atoms with Crippen LogP contribution in [0.3, 0.4) is 0 Å². The number of nitrogens with zero attached hydrogens (tertiary/aromatic N) is 1. The number of ether oxygens (including phenoxy) is 1. The number of likely N-dealkylation sites (N-methyl/N-ethyl adjacent to an activating group) is 1. The highest BCUT2D eigenvalue weighted by molar-refractivity contribution is 5.94. The van der Waals surface area contributed by atoms with Crippen molar-refractivity contribution in [2.75, 3.05) is 25.5 Å². The lowest BCUT2D eigenvalue weighted by Gasteiger charge is -2.23. The van der Waals surface area contributed by atoms with Crippen LogP contribution in [0.25, 0.3) is 0 Å². The van der Waals surface area contributed by atoms with Gasteiger partial charge in [0, 0.05) is 12.2 Å². The summed E-state index contributed by atoms with van der Waals surface area (Å²) in [5.41, 5.74) is 0.813. The average Bonchev–Trinajstić information content (AvgIpc) is 2.56. The molecule has 0 saturated carbocycles. The lowest BCUT2D eigenvalue weighted by molar-refractivity contribution is -0.120. The van der Waals surface area contributed by atoms with E-state index in [1.807, 2.05) is 79.5 Å². The minimum absolute atomic E-state index is 0.0200. The zero-order valence-corrected chi connectivity index (χ0v) is 13.0. The molecule has 1 N–H and O–H groups in total. The van der Waals surface area contributed by atoms with Crippen LogP contribution < -0.4 is 10.1 Å². The Hall–Kier alpha value is -2.33. The van der Waals surface area contributed by atoms with E-state index in [9.17, 15) is 4.79 Å². The molecule has 4 nitrogen and oxygen atoms in total. The minimum Gasteiger partial charge on any atom is -0.492 e. The first kappa shape index (κ1) is 16.0. The molecular weight excluding hydrogens is 276 g/mol. The molecule has 116 valence electrons. The zero-order chi connectivity index (χ0) is 15.8. The number of hydrogen-bond acceptors (Lipinski definition) is 3. The van der Waals surface area contributed by atoms with Crippen LogP contribution in [-0.4, -0.2) is 37.0 Å². The molecule has 0 unspecified atom stereocenters. The molecule has 0 aliphatic rings. The monoisotopic (exact) mass is 298 g/mol. The molecule has 22 heavy (non-hydrogen) atoms. The lowest BCUT2D eigenvalue weighted by atomic mass is 10.2. The molecule has 2 aromatic carbocycles. The summed E-state index contributed by atoms with van der Waals surface area (Å²) in [4.78, 5) is 14.2.